The number of nitrogens with zero attached hydrogens (tertiary/aromatic N) is 6. The van der Waals surface area contributed by atoms with E-state index in [2.05, 4.69) is 26.7 Å². The number of allylic oxidation sites excluding steroid dienone is 2. The molecule has 0 radical (unpaired) electrons. The van der Waals surface area contributed by atoms with Crippen LogP contribution in [0.5, 0.6) is 0 Å². The Morgan fingerprint density at radius 3 is 2.82 bits per heavy atom. The van der Waals surface area contributed by atoms with Crippen molar-refractivity contribution in [3.63, 3.8) is 0 Å². The molecule has 0 aromatic carbocycles. The zero-order valence-corrected chi connectivity index (χ0v) is 20.7. The first-order valence-electron chi connectivity index (χ1n) is 11.6. The van der Waals surface area contributed by atoms with Crippen molar-refractivity contribution in [3.05, 3.63) is 35.1 Å². The summed E-state index contributed by atoms with van der Waals surface area (Å²) in [6.45, 7) is 4.93. The molecule has 10 nitrogen and oxygen atoms in total. The zero-order chi connectivity index (χ0) is 23.4. The van der Waals surface area contributed by atoms with Gasteiger partial charge < -0.3 is 9.64 Å². The summed E-state index contributed by atoms with van der Waals surface area (Å²) in [5.41, 5.74) is 5.80. The standard InChI is InChI=1S/C22H27N7O3S2/c1-13(2)34(30,31)29-10-17-8-18(29)9-28(17)22-23-19-5-6-33-20(19)21(24-22)26-27-25-16-7-15(11-32-12-16)14-3-4-14/h5-7,11,13-14,17-18H,3-4,8-10,12H2,1-2H3,(H,23,24,25,26)/t17-,18-/m0/s1. The summed E-state index contributed by atoms with van der Waals surface area (Å²) in [7, 11) is -3.27. The van der Waals surface area contributed by atoms with Crippen LogP contribution >= 0.6 is 11.3 Å². The van der Waals surface area contributed by atoms with Crippen LogP contribution in [0.2, 0.25) is 0 Å². The minimum Gasteiger partial charge on any atom is -0.495 e. The molecular weight excluding hydrogens is 474 g/mol. The number of hydrogen-bond acceptors (Lipinski definition) is 9. The van der Waals surface area contributed by atoms with E-state index in [9.17, 15) is 8.42 Å². The van der Waals surface area contributed by atoms with E-state index in [4.69, 9.17) is 14.7 Å². The van der Waals surface area contributed by atoms with Gasteiger partial charge in [0.1, 0.15) is 12.3 Å². The van der Waals surface area contributed by atoms with Gasteiger partial charge in [-0.25, -0.2) is 18.8 Å². The monoisotopic (exact) mass is 501 g/mol. The maximum atomic E-state index is 12.7. The molecule has 180 valence electrons. The number of sulfonamides is 1. The minimum atomic E-state index is -3.27. The van der Waals surface area contributed by atoms with Crippen LogP contribution in [-0.2, 0) is 14.8 Å². The molecule has 1 aliphatic carbocycles. The van der Waals surface area contributed by atoms with Gasteiger partial charge >= 0.3 is 0 Å². The van der Waals surface area contributed by atoms with E-state index in [0.29, 0.717) is 37.4 Å². The van der Waals surface area contributed by atoms with E-state index in [1.54, 1.807) is 29.5 Å². The predicted octanol–water partition coefficient (Wildman–Crippen LogP) is 3.68. The topological polar surface area (TPSA) is 112 Å². The molecule has 6 rings (SSSR count). The molecule has 1 saturated carbocycles. The molecule has 2 aromatic rings. The summed E-state index contributed by atoms with van der Waals surface area (Å²) >= 11 is 1.54. The lowest BCUT2D eigenvalue weighted by Crippen LogP contribution is -2.50. The Labute approximate surface area is 202 Å². The molecule has 12 heteroatoms. The Bertz CT molecular complexity index is 1310. The Balaban J connectivity index is 1.21. The van der Waals surface area contributed by atoms with Crippen LogP contribution < -0.4 is 10.3 Å². The fourth-order valence-corrected chi connectivity index (χ4v) is 7.09. The Morgan fingerprint density at radius 1 is 1.24 bits per heavy atom. The van der Waals surface area contributed by atoms with E-state index in [1.165, 1.54) is 18.4 Å². The van der Waals surface area contributed by atoms with Crippen molar-refractivity contribution in [2.75, 3.05) is 30.0 Å². The normalized spacial score (nSPS) is 25.3. The number of rotatable bonds is 7. The van der Waals surface area contributed by atoms with Crippen LogP contribution in [-0.4, -0.2) is 59.7 Å². The molecule has 2 aromatic heterocycles. The summed E-state index contributed by atoms with van der Waals surface area (Å²) in [4.78, 5) is 11.6. The Kier molecular flexibility index (Phi) is 5.34. The second-order valence-electron chi connectivity index (χ2n) is 9.52. The molecule has 0 spiro atoms. The van der Waals surface area contributed by atoms with E-state index in [1.807, 2.05) is 17.7 Å². The van der Waals surface area contributed by atoms with Gasteiger partial charge in [-0.2, -0.15) is 9.29 Å². The second-order valence-corrected chi connectivity index (χ2v) is 12.9. The van der Waals surface area contributed by atoms with Crippen molar-refractivity contribution in [2.24, 2.45) is 16.3 Å². The second kappa shape index (κ2) is 8.28. The van der Waals surface area contributed by atoms with Crippen molar-refractivity contribution in [2.45, 2.75) is 50.4 Å². The molecule has 0 amide bonds. The zero-order valence-electron chi connectivity index (χ0n) is 19.1. The smallest absolute Gasteiger partial charge is 0.228 e. The number of ether oxygens (including phenoxy) is 1. The van der Waals surface area contributed by atoms with Crippen LogP contribution in [0.3, 0.4) is 0 Å². The molecule has 2 saturated heterocycles. The molecular formula is C22H27N7O3S2. The molecule has 3 fully saturated rings. The van der Waals surface area contributed by atoms with Crippen LogP contribution in [0, 0.1) is 5.92 Å². The van der Waals surface area contributed by atoms with Gasteiger partial charge in [0, 0.05) is 25.2 Å². The average molecular weight is 502 g/mol. The van der Waals surface area contributed by atoms with Gasteiger partial charge in [0.15, 0.2) is 5.82 Å². The van der Waals surface area contributed by atoms with Gasteiger partial charge in [-0.3, -0.25) is 0 Å². The lowest BCUT2D eigenvalue weighted by molar-refractivity contribution is 0.268. The van der Waals surface area contributed by atoms with Crippen LogP contribution in [0.4, 0.5) is 11.8 Å². The summed E-state index contributed by atoms with van der Waals surface area (Å²) in [5.74, 6) is 1.79. The van der Waals surface area contributed by atoms with Crippen molar-refractivity contribution in [1.82, 2.24) is 14.3 Å². The Morgan fingerprint density at radius 2 is 2.09 bits per heavy atom. The van der Waals surface area contributed by atoms with E-state index >= 15 is 0 Å². The largest absolute Gasteiger partial charge is 0.495 e. The molecule has 34 heavy (non-hydrogen) atoms. The number of aromatic nitrogens is 2. The van der Waals surface area contributed by atoms with Gasteiger partial charge in [0.2, 0.25) is 16.0 Å². The van der Waals surface area contributed by atoms with Crippen molar-refractivity contribution in [3.8, 4) is 0 Å². The van der Waals surface area contributed by atoms with E-state index < -0.39 is 15.3 Å². The molecule has 1 N–H and O–H groups in total. The van der Waals surface area contributed by atoms with E-state index in [0.717, 1.165) is 22.3 Å². The van der Waals surface area contributed by atoms with Crippen molar-refractivity contribution < 1.29 is 13.2 Å². The number of piperazine rings is 1. The number of nitrogens with one attached hydrogen (secondary N) is 1. The fraction of sp³-hybridized carbons (Fsp3) is 0.545. The van der Waals surface area contributed by atoms with Crippen molar-refractivity contribution >= 4 is 43.3 Å². The highest BCUT2D eigenvalue weighted by molar-refractivity contribution is 7.89. The minimum absolute atomic E-state index is 0.0396. The molecule has 2 atom stereocenters. The highest BCUT2D eigenvalue weighted by Gasteiger charge is 2.49. The van der Waals surface area contributed by atoms with Crippen LogP contribution in [0.1, 0.15) is 33.1 Å². The first kappa shape index (κ1) is 21.9. The van der Waals surface area contributed by atoms with Gasteiger partial charge in [0.05, 0.1) is 21.7 Å². The van der Waals surface area contributed by atoms with Gasteiger partial charge in [-0.05, 0) is 62.1 Å². The van der Waals surface area contributed by atoms with Crippen molar-refractivity contribution in [1.29, 1.82) is 0 Å². The maximum Gasteiger partial charge on any atom is 0.228 e. The van der Waals surface area contributed by atoms with Crippen LogP contribution in [0.25, 0.3) is 10.2 Å². The maximum absolute atomic E-state index is 12.7. The molecule has 0 unspecified atom stereocenters. The third-order valence-corrected chi connectivity index (χ3v) is 10.0. The fourth-order valence-electron chi connectivity index (χ4n) is 4.83. The van der Waals surface area contributed by atoms with Crippen LogP contribution in [0.15, 0.2) is 45.4 Å². The van der Waals surface area contributed by atoms with Gasteiger partial charge in [-0.15, -0.1) is 16.5 Å². The SMILES string of the molecule is CC(C)S(=O)(=O)N1C[C@@H]2C[C@H]1CN2c1nc(NN=NC2=CC(C3CC3)=COC2)c2sccc2n1. The summed E-state index contributed by atoms with van der Waals surface area (Å²) < 4.78 is 33.5. The molecule has 4 aliphatic rings. The third-order valence-electron chi connectivity index (χ3n) is 6.83. The highest BCUT2D eigenvalue weighted by atomic mass is 32.2. The van der Waals surface area contributed by atoms with E-state index in [-0.39, 0.29) is 12.1 Å². The molecule has 5 heterocycles. The number of fused-ring (bicyclic) bond motifs is 3. The number of anilines is 2. The highest BCUT2D eigenvalue weighted by Crippen LogP contribution is 2.39. The first-order chi connectivity index (χ1) is 16.4. The first-order valence-corrected chi connectivity index (χ1v) is 14.0. The lowest BCUT2D eigenvalue weighted by Gasteiger charge is -2.34. The third kappa shape index (κ3) is 3.87. The Hall–Kier alpha value is -2.57. The summed E-state index contributed by atoms with van der Waals surface area (Å²) in [5, 5.41) is 10.1. The number of hydrogen-bond donors (Lipinski definition) is 1. The quantitative estimate of drug-likeness (QED) is 0.455. The summed E-state index contributed by atoms with van der Waals surface area (Å²) in [6, 6.07) is 1.99. The predicted molar refractivity (Wildman–Crippen MR) is 131 cm³/mol. The lowest BCUT2D eigenvalue weighted by atomic mass is 10.1. The average Bonchev–Trinajstić information content (AvgIpc) is 3.23. The molecule has 3 aliphatic heterocycles. The molecule has 2 bridgehead atoms. The van der Waals surface area contributed by atoms with Gasteiger partial charge in [-0.1, -0.05) is 5.22 Å². The summed E-state index contributed by atoms with van der Waals surface area (Å²) in [6.07, 6.45) is 7.08. The number of thiophene rings is 1. The van der Waals surface area contributed by atoms with Gasteiger partial charge in [0.25, 0.3) is 0 Å².